The minimum absolute atomic E-state index is 0.00270. The van der Waals surface area contributed by atoms with Crippen LogP contribution in [0.4, 0.5) is 33.7 Å². The van der Waals surface area contributed by atoms with E-state index in [-0.39, 0.29) is 24.5 Å². The van der Waals surface area contributed by atoms with E-state index >= 15 is 0 Å². The monoisotopic (exact) mass is 577 g/mol. The summed E-state index contributed by atoms with van der Waals surface area (Å²) in [6.45, 7) is 1.60. The molecule has 38 heavy (non-hydrogen) atoms. The zero-order valence-corrected chi connectivity index (χ0v) is 22.1. The van der Waals surface area contributed by atoms with Crippen LogP contribution in [0.2, 0.25) is 5.02 Å². The van der Waals surface area contributed by atoms with Crippen molar-refractivity contribution in [2.24, 2.45) is 0 Å². The summed E-state index contributed by atoms with van der Waals surface area (Å²) in [6, 6.07) is 8.19. The number of hydrogen-bond acceptors (Lipinski definition) is 5. The standard InChI is InChI=1S/C24H28ClF4N5O3S/c1-38(37)15-31-23(36)30-14-16-2-4-18(19(26)12-16)22(35)32-20-5-3-17(25)13-21(20)34-10-8-33(9-11-34)7-6-24(27,28)29/h2-5,12-13H,6-11,14-15H2,1H3,(H,32,35)(H2,30,31,36). The molecule has 2 aromatic rings. The zero-order valence-electron chi connectivity index (χ0n) is 20.5. The van der Waals surface area contributed by atoms with Crippen molar-refractivity contribution in [1.29, 1.82) is 0 Å². The average Bonchev–Trinajstić information content (AvgIpc) is 2.86. The normalized spacial score (nSPS) is 15.2. The maximum Gasteiger partial charge on any atom is 0.390 e. The van der Waals surface area contributed by atoms with Crippen molar-refractivity contribution >= 4 is 45.7 Å². The summed E-state index contributed by atoms with van der Waals surface area (Å²) < 4.78 is 63.4. The van der Waals surface area contributed by atoms with E-state index in [2.05, 4.69) is 16.0 Å². The fraction of sp³-hybridized carbons (Fsp3) is 0.417. The van der Waals surface area contributed by atoms with Crippen LogP contribution in [0.15, 0.2) is 36.4 Å². The topological polar surface area (TPSA) is 93.8 Å². The molecule has 1 fully saturated rings. The van der Waals surface area contributed by atoms with Gasteiger partial charge < -0.3 is 20.9 Å². The van der Waals surface area contributed by atoms with Crippen molar-refractivity contribution in [1.82, 2.24) is 15.5 Å². The van der Waals surface area contributed by atoms with Crippen LogP contribution in [0.25, 0.3) is 0 Å². The largest absolute Gasteiger partial charge is 0.390 e. The third-order valence-electron chi connectivity index (χ3n) is 5.80. The molecule has 0 radical (unpaired) electrons. The molecule has 0 bridgehead atoms. The molecule has 1 atom stereocenters. The molecular weight excluding hydrogens is 550 g/mol. The third-order valence-corrected chi connectivity index (χ3v) is 6.59. The lowest BCUT2D eigenvalue weighted by Crippen LogP contribution is -2.47. The molecule has 0 aliphatic carbocycles. The molecular formula is C24H28ClF4N5O3S. The second-order valence-electron chi connectivity index (χ2n) is 8.70. The van der Waals surface area contributed by atoms with Gasteiger partial charge in [-0.25, -0.2) is 9.18 Å². The fourth-order valence-electron chi connectivity index (χ4n) is 3.82. The average molecular weight is 578 g/mol. The number of alkyl halides is 3. The van der Waals surface area contributed by atoms with Gasteiger partial charge >= 0.3 is 12.2 Å². The molecule has 1 aliphatic rings. The molecule has 1 heterocycles. The Morgan fingerprint density at radius 2 is 1.76 bits per heavy atom. The Hall–Kier alpha value is -2.90. The van der Waals surface area contributed by atoms with Gasteiger partial charge in [-0.15, -0.1) is 0 Å². The minimum atomic E-state index is -4.21. The molecule has 1 unspecified atom stereocenters. The molecule has 3 rings (SSSR count). The Labute approximate surface area is 225 Å². The van der Waals surface area contributed by atoms with E-state index in [4.69, 9.17) is 11.6 Å². The Balaban J connectivity index is 1.63. The van der Waals surface area contributed by atoms with Crippen LogP contribution in [0.3, 0.4) is 0 Å². The summed E-state index contributed by atoms with van der Waals surface area (Å²) in [4.78, 5) is 28.2. The fourth-order valence-corrected chi connectivity index (χ4v) is 4.32. The number of anilines is 2. The Bertz CT molecular complexity index is 1180. The number of piperazine rings is 1. The Morgan fingerprint density at radius 1 is 1.05 bits per heavy atom. The van der Waals surface area contributed by atoms with E-state index < -0.39 is 41.2 Å². The van der Waals surface area contributed by atoms with Gasteiger partial charge in [0, 0.05) is 61.3 Å². The summed E-state index contributed by atoms with van der Waals surface area (Å²) in [5, 5.41) is 8.02. The molecule has 14 heteroatoms. The lowest BCUT2D eigenvalue weighted by atomic mass is 10.1. The molecule has 0 saturated carbocycles. The number of benzene rings is 2. The Morgan fingerprint density at radius 3 is 2.39 bits per heavy atom. The number of carbonyl (C=O) groups is 2. The van der Waals surface area contributed by atoms with Crippen molar-refractivity contribution < 1.29 is 31.4 Å². The molecule has 0 aromatic heterocycles. The lowest BCUT2D eigenvalue weighted by Gasteiger charge is -2.37. The van der Waals surface area contributed by atoms with Gasteiger partial charge in [-0.2, -0.15) is 13.2 Å². The first-order valence-electron chi connectivity index (χ1n) is 11.7. The van der Waals surface area contributed by atoms with E-state index in [1.165, 1.54) is 18.4 Å². The first-order chi connectivity index (χ1) is 17.9. The van der Waals surface area contributed by atoms with Gasteiger partial charge in [-0.3, -0.25) is 13.9 Å². The first-order valence-corrected chi connectivity index (χ1v) is 13.8. The molecule has 8 nitrogen and oxygen atoms in total. The summed E-state index contributed by atoms with van der Waals surface area (Å²) in [5.74, 6) is -1.50. The van der Waals surface area contributed by atoms with Gasteiger partial charge in [0.05, 0.1) is 29.2 Å². The molecule has 1 aliphatic heterocycles. The molecule has 2 aromatic carbocycles. The van der Waals surface area contributed by atoms with Gasteiger partial charge in [0.25, 0.3) is 5.91 Å². The predicted octanol–water partition coefficient (Wildman–Crippen LogP) is 3.94. The highest BCUT2D eigenvalue weighted by molar-refractivity contribution is 7.84. The van der Waals surface area contributed by atoms with Crippen molar-refractivity contribution in [3.05, 3.63) is 58.4 Å². The van der Waals surface area contributed by atoms with E-state index in [0.29, 0.717) is 48.1 Å². The highest BCUT2D eigenvalue weighted by Crippen LogP contribution is 2.31. The van der Waals surface area contributed by atoms with Gasteiger partial charge in [-0.05, 0) is 35.9 Å². The van der Waals surface area contributed by atoms with Gasteiger partial charge in [0.15, 0.2) is 0 Å². The zero-order chi connectivity index (χ0) is 27.9. The van der Waals surface area contributed by atoms with E-state index in [1.807, 2.05) is 4.90 Å². The van der Waals surface area contributed by atoms with Gasteiger partial charge in [0.1, 0.15) is 5.82 Å². The summed E-state index contributed by atoms with van der Waals surface area (Å²) >= 11 is 6.16. The summed E-state index contributed by atoms with van der Waals surface area (Å²) in [7, 11) is -1.20. The first kappa shape index (κ1) is 29.7. The van der Waals surface area contributed by atoms with Crippen molar-refractivity contribution in [3.8, 4) is 0 Å². The number of amides is 3. The van der Waals surface area contributed by atoms with Crippen LogP contribution in [0.1, 0.15) is 22.3 Å². The number of nitrogens with one attached hydrogen (secondary N) is 3. The lowest BCUT2D eigenvalue weighted by molar-refractivity contribution is -0.138. The predicted molar refractivity (Wildman–Crippen MR) is 139 cm³/mol. The minimum Gasteiger partial charge on any atom is -0.367 e. The van der Waals surface area contributed by atoms with Crippen molar-refractivity contribution in [2.75, 3.05) is 55.1 Å². The van der Waals surface area contributed by atoms with Crippen LogP contribution in [0, 0.1) is 5.82 Å². The van der Waals surface area contributed by atoms with Crippen molar-refractivity contribution in [2.45, 2.75) is 19.1 Å². The maximum absolute atomic E-state index is 14.8. The van der Waals surface area contributed by atoms with Crippen LogP contribution in [-0.4, -0.2) is 72.1 Å². The highest BCUT2D eigenvalue weighted by Gasteiger charge is 2.29. The highest BCUT2D eigenvalue weighted by atomic mass is 35.5. The van der Waals surface area contributed by atoms with E-state index in [9.17, 15) is 31.4 Å². The molecule has 3 N–H and O–H groups in total. The molecule has 1 saturated heterocycles. The second-order valence-corrected chi connectivity index (χ2v) is 10.6. The number of hydrogen-bond donors (Lipinski definition) is 3. The number of rotatable bonds is 9. The third kappa shape index (κ3) is 9.14. The molecule has 208 valence electrons. The maximum atomic E-state index is 14.8. The van der Waals surface area contributed by atoms with Crippen molar-refractivity contribution in [3.63, 3.8) is 0 Å². The summed E-state index contributed by atoms with van der Waals surface area (Å²) in [6.07, 6.45) is -3.65. The number of nitrogens with zero attached hydrogens (tertiary/aromatic N) is 2. The van der Waals surface area contributed by atoms with Crippen LogP contribution >= 0.6 is 11.6 Å². The quantitative estimate of drug-likeness (QED) is 0.393. The van der Waals surface area contributed by atoms with Gasteiger partial charge in [0.2, 0.25) is 0 Å². The molecule has 0 spiro atoms. The van der Waals surface area contributed by atoms with E-state index in [1.54, 1.807) is 23.1 Å². The molecule has 3 amide bonds. The number of urea groups is 1. The number of halogens is 5. The van der Waals surface area contributed by atoms with E-state index in [0.717, 1.165) is 6.07 Å². The smallest absolute Gasteiger partial charge is 0.367 e. The van der Waals surface area contributed by atoms with Crippen LogP contribution < -0.4 is 20.9 Å². The number of carbonyl (C=O) groups excluding carboxylic acids is 2. The SMILES string of the molecule is CS(=O)CNC(=O)NCc1ccc(C(=O)Nc2ccc(Cl)cc2N2CCN(CCC(F)(F)F)CC2)c(F)c1. The van der Waals surface area contributed by atoms with Crippen LogP contribution in [-0.2, 0) is 17.3 Å². The Kier molecular flexibility index (Phi) is 10.3. The second kappa shape index (κ2) is 13.3. The summed E-state index contributed by atoms with van der Waals surface area (Å²) in [5.41, 5.74) is 1.18. The van der Waals surface area contributed by atoms with Gasteiger partial charge in [-0.1, -0.05) is 17.7 Å². The van der Waals surface area contributed by atoms with Crippen LogP contribution in [0.5, 0.6) is 0 Å².